The number of hydrogen-bond donors (Lipinski definition) is 1. The molecule has 1 N–H and O–H groups in total. The molecule has 2 rings (SSSR count). The van der Waals surface area contributed by atoms with E-state index in [2.05, 4.69) is 4.72 Å². The van der Waals surface area contributed by atoms with Crippen molar-refractivity contribution in [2.75, 3.05) is 19.3 Å². The van der Waals surface area contributed by atoms with Crippen molar-refractivity contribution in [3.63, 3.8) is 0 Å². The summed E-state index contributed by atoms with van der Waals surface area (Å²) in [5, 5.41) is 1.88. The van der Waals surface area contributed by atoms with Crippen LogP contribution in [-0.2, 0) is 10.0 Å². The van der Waals surface area contributed by atoms with E-state index in [1.165, 1.54) is 11.3 Å². The second-order valence-electron chi connectivity index (χ2n) is 4.75. The first kappa shape index (κ1) is 14.5. The SMILES string of the molecule is CS(=O)(=O)NC[C@@H]1CCCCN1C(=O)c1cccs1. The van der Waals surface area contributed by atoms with E-state index in [-0.39, 0.29) is 11.9 Å². The monoisotopic (exact) mass is 302 g/mol. The third kappa shape index (κ3) is 4.02. The van der Waals surface area contributed by atoms with E-state index in [0.29, 0.717) is 18.0 Å². The Labute approximate surface area is 117 Å². The van der Waals surface area contributed by atoms with Gasteiger partial charge in [-0.25, -0.2) is 13.1 Å². The Bertz CT molecular complexity index is 525. The van der Waals surface area contributed by atoms with Gasteiger partial charge in [-0.15, -0.1) is 11.3 Å². The van der Waals surface area contributed by atoms with E-state index in [9.17, 15) is 13.2 Å². The lowest BCUT2D eigenvalue weighted by Gasteiger charge is -2.35. The maximum Gasteiger partial charge on any atom is 0.264 e. The summed E-state index contributed by atoms with van der Waals surface area (Å²) in [5.41, 5.74) is 0. The largest absolute Gasteiger partial charge is 0.334 e. The third-order valence-electron chi connectivity index (χ3n) is 3.20. The third-order valence-corrected chi connectivity index (χ3v) is 4.75. The van der Waals surface area contributed by atoms with Crippen LogP contribution in [0.1, 0.15) is 28.9 Å². The molecule has 0 radical (unpaired) electrons. The minimum atomic E-state index is -3.21. The van der Waals surface area contributed by atoms with Gasteiger partial charge in [-0.1, -0.05) is 6.07 Å². The molecule has 1 amide bonds. The number of carbonyl (C=O) groups excluding carboxylic acids is 1. The first-order valence-corrected chi connectivity index (χ1v) is 9.03. The van der Waals surface area contributed by atoms with E-state index in [4.69, 9.17) is 0 Å². The van der Waals surface area contributed by atoms with Gasteiger partial charge < -0.3 is 4.90 Å². The van der Waals surface area contributed by atoms with Crippen LogP contribution in [0.3, 0.4) is 0 Å². The van der Waals surface area contributed by atoms with Crippen LogP contribution in [0.5, 0.6) is 0 Å². The molecule has 106 valence electrons. The van der Waals surface area contributed by atoms with Crippen LogP contribution >= 0.6 is 11.3 Å². The van der Waals surface area contributed by atoms with E-state index in [1.54, 1.807) is 4.90 Å². The van der Waals surface area contributed by atoms with Crippen LogP contribution in [0.2, 0.25) is 0 Å². The second-order valence-corrected chi connectivity index (χ2v) is 7.53. The van der Waals surface area contributed by atoms with E-state index in [1.807, 2.05) is 17.5 Å². The molecule has 0 unspecified atom stereocenters. The second kappa shape index (κ2) is 6.02. The Hall–Kier alpha value is -0.920. The van der Waals surface area contributed by atoms with Crippen molar-refractivity contribution in [1.29, 1.82) is 0 Å². The summed E-state index contributed by atoms with van der Waals surface area (Å²) >= 11 is 1.42. The van der Waals surface area contributed by atoms with Gasteiger partial charge in [0, 0.05) is 19.1 Å². The number of sulfonamides is 1. The van der Waals surface area contributed by atoms with Gasteiger partial charge in [0.1, 0.15) is 0 Å². The summed E-state index contributed by atoms with van der Waals surface area (Å²) in [4.78, 5) is 14.9. The van der Waals surface area contributed by atoms with Crippen LogP contribution in [-0.4, -0.2) is 44.6 Å². The van der Waals surface area contributed by atoms with Gasteiger partial charge in [0.15, 0.2) is 0 Å². The molecule has 0 bridgehead atoms. The molecule has 1 aliphatic rings. The van der Waals surface area contributed by atoms with Gasteiger partial charge in [-0.05, 0) is 30.7 Å². The zero-order valence-electron chi connectivity index (χ0n) is 10.8. The fraction of sp³-hybridized carbons (Fsp3) is 0.583. The fourth-order valence-electron chi connectivity index (χ4n) is 2.27. The molecule has 7 heteroatoms. The molecular formula is C12H18N2O3S2. The summed E-state index contributed by atoms with van der Waals surface area (Å²) in [6, 6.07) is 3.62. The van der Waals surface area contributed by atoms with Crippen molar-refractivity contribution in [3.8, 4) is 0 Å². The normalized spacial score (nSPS) is 20.5. The van der Waals surface area contributed by atoms with Gasteiger partial charge >= 0.3 is 0 Å². The molecular weight excluding hydrogens is 284 g/mol. The van der Waals surface area contributed by atoms with Crippen LogP contribution in [0.4, 0.5) is 0 Å². The number of nitrogens with one attached hydrogen (secondary N) is 1. The number of carbonyl (C=O) groups is 1. The lowest BCUT2D eigenvalue weighted by Crippen LogP contribution is -2.49. The lowest BCUT2D eigenvalue weighted by molar-refractivity contribution is 0.0624. The predicted octanol–water partition coefficient (Wildman–Crippen LogP) is 1.29. The van der Waals surface area contributed by atoms with Crippen molar-refractivity contribution in [1.82, 2.24) is 9.62 Å². The molecule has 1 aliphatic heterocycles. The van der Waals surface area contributed by atoms with Gasteiger partial charge in [-0.3, -0.25) is 4.79 Å². The molecule has 1 atom stereocenters. The summed E-state index contributed by atoms with van der Waals surface area (Å²) in [6.45, 7) is 1.00. The van der Waals surface area contributed by atoms with Crippen molar-refractivity contribution >= 4 is 27.3 Å². The Morgan fingerprint density at radius 1 is 1.53 bits per heavy atom. The highest BCUT2D eigenvalue weighted by Gasteiger charge is 2.28. The highest BCUT2D eigenvalue weighted by molar-refractivity contribution is 7.88. The minimum absolute atomic E-state index is 0.00926. The molecule has 1 aromatic heterocycles. The zero-order valence-corrected chi connectivity index (χ0v) is 12.5. The molecule has 19 heavy (non-hydrogen) atoms. The Morgan fingerprint density at radius 2 is 2.32 bits per heavy atom. The number of thiophene rings is 1. The summed E-state index contributed by atoms with van der Waals surface area (Å²) < 4.78 is 24.8. The molecule has 0 aromatic carbocycles. The van der Waals surface area contributed by atoms with E-state index < -0.39 is 10.0 Å². The van der Waals surface area contributed by atoms with Crippen LogP contribution < -0.4 is 4.72 Å². The standard InChI is InChI=1S/C12H18N2O3S2/c1-19(16,17)13-9-10-5-2-3-7-14(10)12(15)11-6-4-8-18-11/h4,6,8,10,13H,2-3,5,7,9H2,1H3/t10-/m0/s1. The van der Waals surface area contributed by atoms with Gasteiger partial charge in [0.25, 0.3) is 5.91 Å². The number of rotatable bonds is 4. The molecule has 0 saturated carbocycles. The van der Waals surface area contributed by atoms with Gasteiger partial charge in [-0.2, -0.15) is 0 Å². The quantitative estimate of drug-likeness (QED) is 0.911. The number of piperidine rings is 1. The zero-order chi connectivity index (χ0) is 13.9. The number of amides is 1. The van der Waals surface area contributed by atoms with Crippen LogP contribution in [0.15, 0.2) is 17.5 Å². The topological polar surface area (TPSA) is 66.5 Å². The predicted molar refractivity (Wildman–Crippen MR) is 75.8 cm³/mol. The maximum atomic E-state index is 12.4. The number of likely N-dealkylation sites (tertiary alicyclic amines) is 1. The van der Waals surface area contributed by atoms with Crippen molar-refractivity contribution < 1.29 is 13.2 Å². The molecule has 0 aliphatic carbocycles. The first-order chi connectivity index (χ1) is 8.97. The first-order valence-electron chi connectivity index (χ1n) is 6.26. The van der Waals surface area contributed by atoms with Crippen molar-refractivity contribution in [2.45, 2.75) is 25.3 Å². The molecule has 1 fully saturated rings. The number of nitrogens with zero attached hydrogens (tertiary/aromatic N) is 1. The number of hydrogen-bond acceptors (Lipinski definition) is 4. The minimum Gasteiger partial charge on any atom is -0.334 e. The smallest absolute Gasteiger partial charge is 0.264 e. The highest BCUT2D eigenvalue weighted by Crippen LogP contribution is 2.21. The van der Waals surface area contributed by atoms with Crippen molar-refractivity contribution in [2.24, 2.45) is 0 Å². The Morgan fingerprint density at radius 3 is 2.95 bits per heavy atom. The molecule has 1 aromatic rings. The lowest BCUT2D eigenvalue weighted by atomic mass is 10.0. The fourth-order valence-corrected chi connectivity index (χ4v) is 3.44. The van der Waals surface area contributed by atoms with Gasteiger partial charge in [0.05, 0.1) is 11.1 Å². The summed E-state index contributed by atoms with van der Waals surface area (Å²) in [5.74, 6) is 0.00926. The molecule has 2 heterocycles. The molecule has 0 spiro atoms. The van der Waals surface area contributed by atoms with E-state index >= 15 is 0 Å². The molecule has 5 nitrogen and oxygen atoms in total. The van der Waals surface area contributed by atoms with Gasteiger partial charge in [0.2, 0.25) is 10.0 Å². The van der Waals surface area contributed by atoms with Crippen molar-refractivity contribution in [3.05, 3.63) is 22.4 Å². The maximum absolute atomic E-state index is 12.4. The average Bonchev–Trinajstić information content (AvgIpc) is 2.89. The summed E-state index contributed by atoms with van der Waals surface area (Å²) in [6.07, 6.45) is 4.00. The van der Waals surface area contributed by atoms with Crippen LogP contribution in [0, 0.1) is 0 Å². The highest BCUT2D eigenvalue weighted by atomic mass is 32.2. The average molecular weight is 302 g/mol. The van der Waals surface area contributed by atoms with Crippen LogP contribution in [0.25, 0.3) is 0 Å². The van der Waals surface area contributed by atoms with E-state index in [0.717, 1.165) is 25.5 Å². The Kier molecular flexibility index (Phi) is 4.59. The summed E-state index contributed by atoms with van der Waals surface area (Å²) in [7, 11) is -3.21. The Balaban J connectivity index is 2.05. The molecule has 1 saturated heterocycles.